The van der Waals surface area contributed by atoms with Crippen LogP contribution in [0, 0.1) is 22.9 Å². The van der Waals surface area contributed by atoms with Crippen LogP contribution in [0.15, 0.2) is 30.3 Å². The number of nitro groups is 1. The Morgan fingerprint density at radius 3 is 2.75 bits per heavy atom. The Labute approximate surface area is 115 Å². The number of pyridine rings is 1. The summed E-state index contributed by atoms with van der Waals surface area (Å²) < 4.78 is 13.4. The van der Waals surface area contributed by atoms with Gasteiger partial charge in [0.05, 0.1) is 4.92 Å². The number of aromatic nitrogens is 1. The SMILES string of the molecule is CCNc1ccc([N+](=O)[O-])c(-c2cc(F)ccc2C)n1. The molecule has 2 rings (SSSR count). The van der Waals surface area contributed by atoms with Crippen molar-refractivity contribution in [2.45, 2.75) is 13.8 Å². The highest BCUT2D eigenvalue weighted by Gasteiger charge is 2.19. The molecule has 0 aliphatic heterocycles. The van der Waals surface area contributed by atoms with Gasteiger partial charge in [-0.15, -0.1) is 0 Å². The molecule has 0 amide bonds. The predicted octanol–water partition coefficient (Wildman–Crippen LogP) is 3.54. The maximum atomic E-state index is 13.4. The Balaban J connectivity index is 2.65. The number of halogens is 1. The number of anilines is 1. The Morgan fingerprint density at radius 2 is 2.10 bits per heavy atom. The van der Waals surface area contributed by atoms with Crippen molar-refractivity contribution in [3.63, 3.8) is 0 Å². The molecular weight excluding hydrogens is 261 g/mol. The van der Waals surface area contributed by atoms with Crippen molar-refractivity contribution < 1.29 is 9.31 Å². The minimum absolute atomic E-state index is 0.139. The largest absolute Gasteiger partial charge is 0.370 e. The summed E-state index contributed by atoms with van der Waals surface area (Å²) in [5, 5.41) is 14.1. The summed E-state index contributed by atoms with van der Waals surface area (Å²) >= 11 is 0. The van der Waals surface area contributed by atoms with Gasteiger partial charge in [0, 0.05) is 18.2 Å². The first-order chi connectivity index (χ1) is 9.52. The zero-order chi connectivity index (χ0) is 14.7. The minimum atomic E-state index is -0.512. The quantitative estimate of drug-likeness (QED) is 0.684. The molecule has 0 saturated heterocycles. The van der Waals surface area contributed by atoms with E-state index < -0.39 is 10.7 Å². The molecule has 1 aromatic heterocycles. The lowest BCUT2D eigenvalue weighted by molar-refractivity contribution is -0.384. The van der Waals surface area contributed by atoms with Crippen LogP contribution in [0.2, 0.25) is 0 Å². The van der Waals surface area contributed by atoms with Gasteiger partial charge in [-0.2, -0.15) is 0 Å². The average molecular weight is 275 g/mol. The van der Waals surface area contributed by atoms with Gasteiger partial charge in [0.15, 0.2) is 5.69 Å². The molecule has 1 N–H and O–H groups in total. The van der Waals surface area contributed by atoms with Gasteiger partial charge in [0.2, 0.25) is 0 Å². The molecule has 1 aromatic carbocycles. The zero-order valence-corrected chi connectivity index (χ0v) is 11.2. The summed E-state index contributed by atoms with van der Waals surface area (Å²) in [5.74, 6) is 0.0762. The molecule has 0 bridgehead atoms. The lowest BCUT2D eigenvalue weighted by Crippen LogP contribution is -2.03. The highest BCUT2D eigenvalue weighted by Crippen LogP contribution is 2.31. The highest BCUT2D eigenvalue weighted by atomic mass is 19.1. The molecule has 0 radical (unpaired) electrons. The first kappa shape index (κ1) is 13.9. The number of rotatable bonds is 4. The Kier molecular flexibility index (Phi) is 3.93. The predicted molar refractivity (Wildman–Crippen MR) is 75.2 cm³/mol. The van der Waals surface area contributed by atoms with Crippen LogP contribution < -0.4 is 5.32 Å². The van der Waals surface area contributed by atoms with Crippen LogP contribution in [-0.4, -0.2) is 16.5 Å². The number of nitrogens with zero attached hydrogens (tertiary/aromatic N) is 2. The van der Waals surface area contributed by atoms with E-state index in [0.29, 0.717) is 17.9 Å². The van der Waals surface area contributed by atoms with Crippen LogP contribution >= 0.6 is 0 Å². The van der Waals surface area contributed by atoms with Gasteiger partial charge in [-0.05, 0) is 37.6 Å². The lowest BCUT2D eigenvalue weighted by atomic mass is 10.0. The van der Waals surface area contributed by atoms with Gasteiger partial charge >= 0.3 is 0 Å². The Hall–Kier alpha value is -2.50. The van der Waals surface area contributed by atoms with Crippen molar-refractivity contribution in [2.75, 3.05) is 11.9 Å². The van der Waals surface area contributed by atoms with Crippen LogP contribution in [0.25, 0.3) is 11.3 Å². The number of hydrogen-bond acceptors (Lipinski definition) is 4. The van der Waals surface area contributed by atoms with Crippen LogP contribution in [0.4, 0.5) is 15.9 Å². The fourth-order valence-electron chi connectivity index (χ4n) is 1.93. The molecule has 0 atom stereocenters. The van der Waals surface area contributed by atoms with E-state index in [2.05, 4.69) is 10.3 Å². The molecular formula is C14H14FN3O2. The first-order valence-electron chi connectivity index (χ1n) is 6.18. The fraction of sp³-hybridized carbons (Fsp3) is 0.214. The molecule has 5 nitrogen and oxygen atoms in total. The molecule has 0 spiro atoms. The minimum Gasteiger partial charge on any atom is -0.370 e. The monoisotopic (exact) mass is 275 g/mol. The van der Waals surface area contributed by atoms with Gasteiger partial charge in [-0.1, -0.05) is 6.07 Å². The van der Waals surface area contributed by atoms with Crippen LogP contribution in [0.5, 0.6) is 0 Å². The summed E-state index contributed by atoms with van der Waals surface area (Å²) in [7, 11) is 0. The van der Waals surface area contributed by atoms with Crippen molar-refractivity contribution in [1.29, 1.82) is 0 Å². The van der Waals surface area contributed by atoms with E-state index in [1.807, 2.05) is 6.92 Å². The molecule has 1 heterocycles. The Morgan fingerprint density at radius 1 is 1.35 bits per heavy atom. The van der Waals surface area contributed by atoms with Gasteiger partial charge in [-0.3, -0.25) is 10.1 Å². The smallest absolute Gasteiger partial charge is 0.295 e. The van der Waals surface area contributed by atoms with Crippen molar-refractivity contribution in [1.82, 2.24) is 4.98 Å². The van der Waals surface area contributed by atoms with E-state index in [1.165, 1.54) is 18.2 Å². The van der Waals surface area contributed by atoms with E-state index >= 15 is 0 Å². The maximum Gasteiger partial charge on any atom is 0.295 e. The van der Waals surface area contributed by atoms with Crippen molar-refractivity contribution in [3.05, 3.63) is 51.8 Å². The van der Waals surface area contributed by atoms with Gasteiger partial charge in [0.1, 0.15) is 11.6 Å². The number of nitrogens with one attached hydrogen (secondary N) is 1. The Bertz CT molecular complexity index is 659. The normalized spacial score (nSPS) is 10.3. The second-order valence-corrected chi connectivity index (χ2v) is 4.31. The summed E-state index contributed by atoms with van der Waals surface area (Å²) in [6.45, 7) is 4.31. The van der Waals surface area contributed by atoms with E-state index in [9.17, 15) is 14.5 Å². The van der Waals surface area contributed by atoms with E-state index in [0.717, 1.165) is 5.56 Å². The number of hydrogen-bond donors (Lipinski definition) is 1. The maximum absolute atomic E-state index is 13.4. The summed E-state index contributed by atoms with van der Waals surface area (Å²) in [5.41, 5.74) is 1.19. The van der Waals surface area contributed by atoms with Crippen molar-refractivity contribution >= 4 is 11.5 Å². The molecule has 104 valence electrons. The van der Waals surface area contributed by atoms with Crippen molar-refractivity contribution in [3.8, 4) is 11.3 Å². The average Bonchev–Trinajstić information content (AvgIpc) is 2.41. The highest BCUT2D eigenvalue weighted by molar-refractivity contribution is 5.73. The zero-order valence-electron chi connectivity index (χ0n) is 11.2. The molecule has 0 fully saturated rings. The van der Waals surface area contributed by atoms with Crippen LogP contribution in [-0.2, 0) is 0 Å². The summed E-state index contributed by atoms with van der Waals surface area (Å²) in [6.07, 6.45) is 0. The molecule has 0 unspecified atom stereocenters. The molecule has 0 aliphatic rings. The van der Waals surface area contributed by atoms with E-state index in [4.69, 9.17) is 0 Å². The molecule has 20 heavy (non-hydrogen) atoms. The van der Waals surface area contributed by atoms with Crippen LogP contribution in [0.3, 0.4) is 0 Å². The van der Waals surface area contributed by atoms with Gasteiger partial charge < -0.3 is 5.32 Å². The second kappa shape index (κ2) is 5.64. The van der Waals surface area contributed by atoms with Gasteiger partial charge in [-0.25, -0.2) is 9.37 Å². The third-order valence-electron chi connectivity index (χ3n) is 2.88. The third-order valence-corrected chi connectivity index (χ3v) is 2.88. The number of benzene rings is 1. The third kappa shape index (κ3) is 2.74. The fourth-order valence-corrected chi connectivity index (χ4v) is 1.93. The van der Waals surface area contributed by atoms with Gasteiger partial charge in [0.25, 0.3) is 5.69 Å². The first-order valence-corrected chi connectivity index (χ1v) is 6.18. The van der Waals surface area contributed by atoms with Crippen LogP contribution in [0.1, 0.15) is 12.5 Å². The standard InChI is InChI=1S/C14H14FN3O2/c1-3-16-13-7-6-12(18(19)20)14(17-13)11-8-10(15)5-4-9(11)2/h4-8H,3H2,1-2H3,(H,16,17). The summed E-state index contributed by atoms with van der Waals surface area (Å²) in [4.78, 5) is 14.8. The summed E-state index contributed by atoms with van der Waals surface area (Å²) in [6, 6.07) is 7.08. The molecule has 0 saturated carbocycles. The topological polar surface area (TPSA) is 68.1 Å². The molecule has 6 heteroatoms. The van der Waals surface area contributed by atoms with Crippen molar-refractivity contribution in [2.24, 2.45) is 0 Å². The molecule has 0 aliphatic carbocycles. The second-order valence-electron chi connectivity index (χ2n) is 4.31. The molecule has 2 aromatic rings. The number of aryl methyl sites for hydroxylation is 1. The van der Waals surface area contributed by atoms with E-state index in [1.54, 1.807) is 19.1 Å². The lowest BCUT2D eigenvalue weighted by Gasteiger charge is -2.09. The van der Waals surface area contributed by atoms with E-state index in [-0.39, 0.29) is 11.4 Å².